The number of halogens is 1. The fraction of sp³-hybridized carbons (Fsp3) is 0.310. The highest BCUT2D eigenvalue weighted by atomic mass is 35.5. The molecule has 2 aliphatic rings. The predicted octanol–water partition coefficient (Wildman–Crippen LogP) is 5.62. The van der Waals surface area contributed by atoms with E-state index in [1.54, 1.807) is 29.2 Å². The minimum atomic E-state index is -0.663. The number of ether oxygens (including phenoxy) is 3. The molecular weight excluding hydrogens is 492 g/mol. The molecule has 2 aliphatic heterocycles. The number of hydrogen-bond donors (Lipinski definition) is 1. The van der Waals surface area contributed by atoms with Crippen molar-refractivity contribution in [3.63, 3.8) is 0 Å². The van der Waals surface area contributed by atoms with Crippen LogP contribution in [0.4, 0.5) is 5.69 Å². The number of fused-ring (bicyclic) bond motifs is 4. The third kappa shape index (κ3) is 4.48. The molecule has 1 N–H and O–H groups in total. The van der Waals surface area contributed by atoms with Gasteiger partial charge in [0.15, 0.2) is 11.5 Å². The SMILES string of the molecule is CCOc1cc2c(cc1OCC)[C@@H]1[C@@H](C(=O)Nc3cc(Cl)ccc3OC)c3ccccc3C(=O)N1CC2. The summed E-state index contributed by atoms with van der Waals surface area (Å²) in [7, 11) is 1.54. The topological polar surface area (TPSA) is 77.1 Å². The van der Waals surface area contributed by atoms with E-state index in [0.717, 1.165) is 11.1 Å². The molecule has 0 aliphatic carbocycles. The van der Waals surface area contributed by atoms with Crippen molar-refractivity contribution >= 4 is 29.1 Å². The Balaban J connectivity index is 1.65. The summed E-state index contributed by atoms with van der Waals surface area (Å²) in [6, 6.07) is 15.8. The summed E-state index contributed by atoms with van der Waals surface area (Å²) in [5, 5.41) is 3.50. The molecule has 192 valence electrons. The summed E-state index contributed by atoms with van der Waals surface area (Å²) >= 11 is 6.22. The van der Waals surface area contributed by atoms with Gasteiger partial charge in [0, 0.05) is 17.1 Å². The van der Waals surface area contributed by atoms with E-state index >= 15 is 0 Å². The normalized spacial score (nSPS) is 17.8. The first-order valence-electron chi connectivity index (χ1n) is 12.4. The Hall–Kier alpha value is -3.71. The average Bonchev–Trinajstić information content (AvgIpc) is 2.89. The first kappa shape index (κ1) is 25.0. The molecule has 5 rings (SSSR count). The maximum absolute atomic E-state index is 14.1. The van der Waals surface area contributed by atoms with E-state index in [2.05, 4.69) is 5.32 Å². The number of nitrogens with zero attached hydrogens (tertiary/aromatic N) is 1. The van der Waals surface area contributed by atoms with E-state index in [1.165, 1.54) is 7.11 Å². The zero-order valence-electron chi connectivity index (χ0n) is 21.0. The van der Waals surface area contributed by atoms with Gasteiger partial charge in [-0.3, -0.25) is 9.59 Å². The Labute approximate surface area is 221 Å². The van der Waals surface area contributed by atoms with Crippen LogP contribution in [0, 0.1) is 0 Å². The number of hydrogen-bond acceptors (Lipinski definition) is 5. The second kappa shape index (κ2) is 10.3. The molecule has 0 fully saturated rings. The summed E-state index contributed by atoms with van der Waals surface area (Å²) in [5.41, 5.74) is 3.62. The quantitative estimate of drug-likeness (QED) is 0.437. The summed E-state index contributed by atoms with van der Waals surface area (Å²) in [6.45, 7) is 5.31. The van der Waals surface area contributed by atoms with E-state index in [-0.39, 0.29) is 11.8 Å². The molecule has 0 unspecified atom stereocenters. The van der Waals surface area contributed by atoms with Crippen molar-refractivity contribution in [3.8, 4) is 17.2 Å². The summed E-state index contributed by atoms with van der Waals surface area (Å²) in [4.78, 5) is 29.5. The first-order valence-corrected chi connectivity index (χ1v) is 12.8. The largest absolute Gasteiger partial charge is 0.495 e. The van der Waals surface area contributed by atoms with Crippen LogP contribution >= 0.6 is 11.6 Å². The van der Waals surface area contributed by atoms with E-state index < -0.39 is 12.0 Å². The Morgan fingerprint density at radius 3 is 2.46 bits per heavy atom. The second-order valence-corrected chi connectivity index (χ2v) is 9.39. The lowest BCUT2D eigenvalue weighted by Gasteiger charge is -2.45. The van der Waals surface area contributed by atoms with Crippen LogP contribution in [-0.2, 0) is 11.2 Å². The molecule has 0 saturated carbocycles. The monoisotopic (exact) mass is 520 g/mol. The highest BCUT2D eigenvalue weighted by Crippen LogP contribution is 2.49. The summed E-state index contributed by atoms with van der Waals surface area (Å²) in [6.07, 6.45) is 0.655. The van der Waals surface area contributed by atoms with E-state index in [4.69, 9.17) is 25.8 Å². The minimum absolute atomic E-state index is 0.0810. The van der Waals surface area contributed by atoms with Crippen molar-refractivity contribution in [3.05, 3.63) is 81.9 Å². The Bertz CT molecular complexity index is 1360. The van der Waals surface area contributed by atoms with Gasteiger partial charge in [-0.25, -0.2) is 0 Å². The van der Waals surface area contributed by atoms with Crippen LogP contribution in [0.1, 0.15) is 52.9 Å². The Morgan fingerprint density at radius 2 is 1.73 bits per heavy atom. The van der Waals surface area contributed by atoms with Gasteiger partial charge in [-0.2, -0.15) is 0 Å². The van der Waals surface area contributed by atoms with Crippen molar-refractivity contribution in [2.75, 3.05) is 32.2 Å². The number of carbonyl (C=O) groups is 2. The van der Waals surface area contributed by atoms with Crippen LogP contribution in [-0.4, -0.2) is 43.6 Å². The van der Waals surface area contributed by atoms with Gasteiger partial charge >= 0.3 is 0 Å². The zero-order valence-corrected chi connectivity index (χ0v) is 21.8. The lowest BCUT2D eigenvalue weighted by Crippen LogP contribution is -2.49. The summed E-state index contributed by atoms with van der Waals surface area (Å²) < 4.78 is 17.2. The molecule has 3 aromatic carbocycles. The molecule has 2 amide bonds. The number of nitrogens with one attached hydrogen (secondary N) is 1. The fourth-order valence-corrected chi connectivity index (χ4v) is 5.51. The molecule has 0 aromatic heterocycles. The molecule has 0 radical (unpaired) electrons. The maximum Gasteiger partial charge on any atom is 0.254 e. The zero-order chi connectivity index (χ0) is 26.1. The van der Waals surface area contributed by atoms with Crippen LogP contribution in [0.3, 0.4) is 0 Å². The highest BCUT2D eigenvalue weighted by Gasteiger charge is 2.46. The number of benzene rings is 3. The minimum Gasteiger partial charge on any atom is -0.495 e. The molecule has 2 heterocycles. The Kier molecular flexibility index (Phi) is 6.98. The average molecular weight is 521 g/mol. The number of anilines is 1. The van der Waals surface area contributed by atoms with Gasteiger partial charge < -0.3 is 24.4 Å². The van der Waals surface area contributed by atoms with Gasteiger partial charge in [-0.1, -0.05) is 29.8 Å². The maximum atomic E-state index is 14.1. The number of methoxy groups -OCH3 is 1. The molecule has 0 bridgehead atoms. The lowest BCUT2D eigenvalue weighted by molar-refractivity contribution is -0.119. The van der Waals surface area contributed by atoms with Crippen LogP contribution in [0.15, 0.2) is 54.6 Å². The van der Waals surface area contributed by atoms with Crippen LogP contribution < -0.4 is 19.5 Å². The van der Waals surface area contributed by atoms with Crippen molar-refractivity contribution in [1.29, 1.82) is 0 Å². The molecule has 8 heteroatoms. The van der Waals surface area contributed by atoms with E-state index in [0.29, 0.717) is 65.3 Å². The fourth-order valence-electron chi connectivity index (χ4n) is 5.34. The molecule has 7 nitrogen and oxygen atoms in total. The second-order valence-electron chi connectivity index (χ2n) is 8.96. The van der Waals surface area contributed by atoms with E-state index in [9.17, 15) is 9.59 Å². The van der Waals surface area contributed by atoms with E-state index in [1.807, 2.05) is 44.2 Å². The number of rotatable bonds is 7. The van der Waals surface area contributed by atoms with Crippen LogP contribution in [0.2, 0.25) is 5.02 Å². The van der Waals surface area contributed by atoms with Crippen molar-refractivity contribution in [2.45, 2.75) is 32.2 Å². The number of carbonyl (C=O) groups excluding carboxylic acids is 2. The first-order chi connectivity index (χ1) is 18.0. The van der Waals surface area contributed by atoms with Gasteiger partial charge in [0.1, 0.15) is 5.75 Å². The third-order valence-corrected chi connectivity index (χ3v) is 7.12. The standard InChI is InChI=1S/C29H29ClN2O5/c1-4-36-24-14-17-12-13-32-27(21(17)16-25(24)37-5-2)26(19-8-6-7-9-20(19)29(32)34)28(33)31-22-15-18(30)10-11-23(22)35-3/h6-11,14-16,26-27H,4-5,12-13H2,1-3H3,(H,31,33)/t26-,27+/m0/s1. The van der Waals surface area contributed by atoms with Crippen LogP contribution in [0.5, 0.6) is 17.2 Å². The Morgan fingerprint density at radius 1 is 1.00 bits per heavy atom. The van der Waals surface area contributed by atoms with Gasteiger partial charge in [-0.05, 0) is 73.4 Å². The predicted molar refractivity (Wildman–Crippen MR) is 142 cm³/mol. The van der Waals surface area contributed by atoms with Gasteiger partial charge in [-0.15, -0.1) is 0 Å². The van der Waals surface area contributed by atoms with Crippen molar-refractivity contribution in [2.24, 2.45) is 0 Å². The van der Waals surface area contributed by atoms with Crippen molar-refractivity contribution in [1.82, 2.24) is 4.90 Å². The lowest BCUT2D eigenvalue weighted by atomic mass is 9.75. The van der Waals surface area contributed by atoms with Gasteiger partial charge in [0.2, 0.25) is 5.91 Å². The molecular formula is C29H29ClN2O5. The number of amides is 2. The molecule has 0 saturated heterocycles. The molecule has 2 atom stereocenters. The summed E-state index contributed by atoms with van der Waals surface area (Å²) in [5.74, 6) is 0.774. The molecule has 3 aromatic rings. The molecule has 0 spiro atoms. The van der Waals surface area contributed by atoms with Gasteiger partial charge in [0.25, 0.3) is 5.91 Å². The smallest absolute Gasteiger partial charge is 0.254 e. The van der Waals surface area contributed by atoms with Gasteiger partial charge in [0.05, 0.1) is 38.0 Å². The van der Waals surface area contributed by atoms with Crippen LogP contribution in [0.25, 0.3) is 0 Å². The highest BCUT2D eigenvalue weighted by molar-refractivity contribution is 6.31. The van der Waals surface area contributed by atoms with Crippen molar-refractivity contribution < 1.29 is 23.8 Å². The third-order valence-electron chi connectivity index (χ3n) is 6.89. The molecule has 37 heavy (non-hydrogen) atoms.